The number of hydrogen-bond donors (Lipinski definition) is 0. The molecule has 1 rings (SSSR count). The van der Waals surface area contributed by atoms with E-state index in [1.807, 2.05) is 18.2 Å². The summed E-state index contributed by atoms with van der Waals surface area (Å²) in [6.07, 6.45) is 3.74. The number of rotatable bonds is 4. The van der Waals surface area contributed by atoms with E-state index in [-0.39, 0.29) is 11.7 Å². The van der Waals surface area contributed by atoms with Gasteiger partial charge in [-0.05, 0) is 28.3 Å². The molecule has 14 heavy (non-hydrogen) atoms. The Labute approximate surface area is 88.7 Å². The van der Waals surface area contributed by atoms with E-state index >= 15 is 0 Å². The third-order valence-electron chi connectivity index (χ3n) is 1.93. The predicted molar refractivity (Wildman–Crippen MR) is 61.2 cm³/mol. The fourth-order valence-corrected chi connectivity index (χ4v) is 1.41. The van der Waals surface area contributed by atoms with Crippen molar-refractivity contribution in [1.82, 2.24) is 0 Å². The maximum absolute atomic E-state index is 10.7. The number of carbonyl (C=O) groups is 1. The number of benzene rings is 1. The molecule has 0 spiro atoms. The summed E-state index contributed by atoms with van der Waals surface area (Å²) in [6.45, 7) is 7.38. The van der Waals surface area contributed by atoms with E-state index in [0.717, 1.165) is 16.7 Å². The number of halogens is 1. The molecule has 72 valence electrons. The lowest BCUT2D eigenvalue weighted by atomic mass is 10.0. The average molecular weight is 207 g/mol. The Morgan fingerprint density at radius 2 is 1.93 bits per heavy atom. The van der Waals surface area contributed by atoms with Gasteiger partial charge in [0.2, 0.25) is 5.24 Å². The van der Waals surface area contributed by atoms with Gasteiger partial charge in [0.25, 0.3) is 0 Å². The van der Waals surface area contributed by atoms with Crippen LogP contribution in [0.15, 0.2) is 31.4 Å². The molecule has 0 amide bonds. The zero-order chi connectivity index (χ0) is 10.6. The van der Waals surface area contributed by atoms with Gasteiger partial charge < -0.3 is 0 Å². The highest BCUT2D eigenvalue weighted by atomic mass is 35.5. The van der Waals surface area contributed by atoms with Crippen LogP contribution in [-0.4, -0.2) is 5.24 Å². The minimum Gasteiger partial charge on any atom is -0.281 e. The summed E-state index contributed by atoms with van der Waals surface area (Å²) in [6, 6.07) is 5.66. The van der Waals surface area contributed by atoms with Crippen molar-refractivity contribution in [2.75, 3.05) is 0 Å². The normalized spacial score (nSPS) is 9.50. The summed E-state index contributed by atoms with van der Waals surface area (Å²) in [5.41, 5.74) is 2.87. The maximum atomic E-state index is 10.7. The number of hydrogen-bond acceptors (Lipinski definition) is 1. The topological polar surface area (TPSA) is 17.1 Å². The van der Waals surface area contributed by atoms with E-state index in [1.165, 1.54) is 0 Å². The second kappa shape index (κ2) is 4.77. The van der Waals surface area contributed by atoms with Crippen LogP contribution in [0.25, 0.3) is 12.2 Å². The van der Waals surface area contributed by atoms with Gasteiger partial charge in [0, 0.05) is 6.42 Å². The standard InChI is InChI=1S/C12H11ClO/c1-3-10-6-5-9(8-12(13)14)7-11(10)4-2/h3-7H,1-2,8H2. The minimum absolute atomic E-state index is 0.250. The first-order valence-corrected chi connectivity index (χ1v) is 4.61. The summed E-state index contributed by atoms with van der Waals surface area (Å²) in [5, 5.41) is -0.355. The highest BCUT2D eigenvalue weighted by Crippen LogP contribution is 2.15. The second-order valence-corrected chi connectivity index (χ2v) is 3.32. The molecule has 0 aromatic heterocycles. The summed E-state index contributed by atoms with van der Waals surface area (Å²) >= 11 is 5.30. The summed E-state index contributed by atoms with van der Waals surface area (Å²) in [4.78, 5) is 10.7. The Morgan fingerprint density at radius 1 is 1.29 bits per heavy atom. The van der Waals surface area contributed by atoms with E-state index in [1.54, 1.807) is 12.2 Å². The highest BCUT2D eigenvalue weighted by molar-refractivity contribution is 6.63. The van der Waals surface area contributed by atoms with Gasteiger partial charge in [-0.3, -0.25) is 4.79 Å². The first-order valence-electron chi connectivity index (χ1n) is 4.23. The fraction of sp³-hybridized carbons (Fsp3) is 0.0833. The molecule has 0 saturated heterocycles. The van der Waals surface area contributed by atoms with Crippen LogP contribution in [0, 0.1) is 0 Å². The van der Waals surface area contributed by atoms with Crippen molar-refractivity contribution in [2.45, 2.75) is 6.42 Å². The van der Waals surface area contributed by atoms with Crippen LogP contribution in [0.4, 0.5) is 0 Å². The van der Waals surface area contributed by atoms with Crippen molar-refractivity contribution in [3.63, 3.8) is 0 Å². The van der Waals surface area contributed by atoms with E-state index in [2.05, 4.69) is 13.2 Å². The van der Waals surface area contributed by atoms with Crippen LogP contribution in [0.1, 0.15) is 16.7 Å². The van der Waals surface area contributed by atoms with Gasteiger partial charge in [0.15, 0.2) is 0 Å². The Bertz CT molecular complexity index is 380. The molecule has 0 heterocycles. The summed E-state index contributed by atoms with van der Waals surface area (Å²) in [7, 11) is 0. The summed E-state index contributed by atoms with van der Waals surface area (Å²) < 4.78 is 0. The first-order chi connectivity index (χ1) is 6.67. The van der Waals surface area contributed by atoms with Gasteiger partial charge in [0.1, 0.15) is 0 Å². The lowest BCUT2D eigenvalue weighted by Crippen LogP contribution is -1.94. The van der Waals surface area contributed by atoms with Crippen molar-refractivity contribution >= 4 is 29.0 Å². The quantitative estimate of drug-likeness (QED) is 0.691. The third kappa shape index (κ3) is 2.57. The fourth-order valence-electron chi connectivity index (χ4n) is 1.26. The van der Waals surface area contributed by atoms with Crippen molar-refractivity contribution in [3.8, 4) is 0 Å². The molecule has 1 aromatic carbocycles. The molecule has 1 nitrogen and oxygen atoms in total. The van der Waals surface area contributed by atoms with Crippen molar-refractivity contribution in [2.24, 2.45) is 0 Å². The van der Waals surface area contributed by atoms with Gasteiger partial charge in [-0.15, -0.1) is 0 Å². The van der Waals surface area contributed by atoms with E-state index in [4.69, 9.17) is 11.6 Å². The maximum Gasteiger partial charge on any atom is 0.226 e. The van der Waals surface area contributed by atoms with Crippen molar-refractivity contribution in [1.29, 1.82) is 0 Å². The van der Waals surface area contributed by atoms with Crippen LogP contribution >= 0.6 is 11.6 Å². The average Bonchev–Trinajstić information content (AvgIpc) is 2.16. The van der Waals surface area contributed by atoms with Gasteiger partial charge in [-0.2, -0.15) is 0 Å². The molecule has 0 bridgehead atoms. The highest BCUT2D eigenvalue weighted by Gasteiger charge is 2.02. The van der Waals surface area contributed by atoms with E-state index < -0.39 is 0 Å². The Balaban J connectivity index is 3.07. The van der Waals surface area contributed by atoms with Crippen LogP contribution in [-0.2, 0) is 11.2 Å². The largest absolute Gasteiger partial charge is 0.281 e. The molecule has 0 unspecified atom stereocenters. The second-order valence-electron chi connectivity index (χ2n) is 2.90. The van der Waals surface area contributed by atoms with Crippen LogP contribution in [0.2, 0.25) is 0 Å². The van der Waals surface area contributed by atoms with E-state index in [9.17, 15) is 4.79 Å². The van der Waals surface area contributed by atoms with Crippen molar-refractivity contribution < 1.29 is 4.79 Å². The molecule has 0 fully saturated rings. The number of carbonyl (C=O) groups excluding carboxylic acids is 1. The van der Waals surface area contributed by atoms with Gasteiger partial charge in [0.05, 0.1) is 0 Å². The molecule has 0 aliphatic heterocycles. The molecule has 0 aliphatic carbocycles. The molecular formula is C12H11ClO. The molecule has 1 aromatic rings. The van der Waals surface area contributed by atoms with Crippen LogP contribution < -0.4 is 0 Å². The molecule has 0 radical (unpaired) electrons. The van der Waals surface area contributed by atoms with Gasteiger partial charge >= 0.3 is 0 Å². The lowest BCUT2D eigenvalue weighted by Gasteiger charge is -2.03. The molecule has 0 aliphatic rings. The molecule has 0 saturated carbocycles. The molecular weight excluding hydrogens is 196 g/mol. The molecule has 0 N–H and O–H groups in total. The Kier molecular flexibility index (Phi) is 3.66. The Hall–Kier alpha value is -1.34. The first kappa shape index (κ1) is 10.7. The van der Waals surface area contributed by atoms with Gasteiger partial charge in [-0.1, -0.05) is 43.5 Å². The minimum atomic E-state index is -0.355. The zero-order valence-corrected chi connectivity index (χ0v) is 8.55. The molecule has 0 atom stereocenters. The third-order valence-corrected chi connectivity index (χ3v) is 2.07. The lowest BCUT2D eigenvalue weighted by molar-refractivity contribution is -0.111. The predicted octanol–water partition coefficient (Wildman–Crippen LogP) is 3.28. The van der Waals surface area contributed by atoms with Crippen LogP contribution in [0.5, 0.6) is 0 Å². The smallest absolute Gasteiger partial charge is 0.226 e. The van der Waals surface area contributed by atoms with E-state index in [0.29, 0.717) is 0 Å². The van der Waals surface area contributed by atoms with Crippen LogP contribution in [0.3, 0.4) is 0 Å². The monoisotopic (exact) mass is 206 g/mol. The van der Waals surface area contributed by atoms with Gasteiger partial charge in [-0.25, -0.2) is 0 Å². The SMILES string of the molecule is C=Cc1ccc(CC(=O)Cl)cc1C=C. The molecule has 2 heteroatoms. The summed E-state index contributed by atoms with van der Waals surface area (Å²) in [5.74, 6) is 0. The zero-order valence-electron chi connectivity index (χ0n) is 7.79. The van der Waals surface area contributed by atoms with Crippen molar-refractivity contribution in [3.05, 3.63) is 48.0 Å². The Morgan fingerprint density at radius 3 is 2.43 bits per heavy atom.